The summed E-state index contributed by atoms with van der Waals surface area (Å²) in [5.41, 5.74) is 7.72. The van der Waals surface area contributed by atoms with Crippen molar-refractivity contribution in [1.82, 2.24) is 0 Å². The molecule has 0 atom stereocenters. The van der Waals surface area contributed by atoms with Crippen LogP contribution in [0.25, 0.3) is 0 Å². The van der Waals surface area contributed by atoms with Crippen molar-refractivity contribution in [1.29, 1.82) is 0 Å². The van der Waals surface area contributed by atoms with Crippen LogP contribution in [0.1, 0.15) is 0 Å². The van der Waals surface area contributed by atoms with Gasteiger partial charge in [-0.05, 0) is 29.8 Å². The number of halogens is 1. The molecule has 22 heavy (non-hydrogen) atoms. The summed E-state index contributed by atoms with van der Waals surface area (Å²) in [4.78, 5) is 2.08. The molecule has 0 saturated heterocycles. The number of anilines is 1. The second kappa shape index (κ2) is 6.45. The van der Waals surface area contributed by atoms with Gasteiger partial charge in [0.05, 0.1) is 0 Å². The predicted octanol–water partition coefficient (Wildman–Crippen LogP) is 3.84. The lowest BCUT2D eigenvalue weighted by Crippen LogP contribution is -2.21. The van der Waals surface area contributed by atoms with Crippen LogP contribution in [-0.4, -0.2) is 13.1 Å². The van der Waals surface area contributed by atoms with Crippen LogP contribution >= 0.6 is 0 Å². The molecule has 2 N–H and O–H groups in total. The van der Waals surface area contributed by atoms with E-state index < -0.39 is 0 Å². The summed E-state index contributed by atoms with van der Waals surface area (Å²) < 4.78 is 19.3. The molecule has 1 aliphatic heterocycles. The molecule has 0 spiro atoms. The molecule has 0 amide bonds. The van der Waals surface area contributed by atoms with Crippen LogP contribution in [0.15, 0.2) is 72.5 Å². The smallest absolute Gasteiger partial charge is 0.165 e. The standard InChI is InChI=1S/C18H17FN2O/c19-17-8-1-2-9-18(17)22-16-7-3-6-15(11-16)21-10-4-5-14(12-20)13-21/h1-9,11,13H,10,12,20H2. The third-order valence-electron chi connectivity index (χ3n) is 3.41. The first-order chi connectivity index (χ1) is 10.8. The Labute approximate surface area is 129 Å². The van der Waals surface area contributed by atoms with Gasteiger partial charge >= 0.3 is 0 Å². The zero-order valence-corrected chi connectivity index (χ0v) is 12.1. The van der Waals surface area contributed by atoms with Gasteiger partial charge in [0, 0.05) is 31.0 Å². The summed E-state index contributed by atoms with van der Waals surface area (Å²) in [5, 5.41) is 0. The first-order valence-electron chi connectivity index (χ1n) is 7.12. The Morgan fingerprint density at radius 2 is 2.00 bits per heavy atom. The third-order valence-corrected chi connectivity index (χ3v) is 3.41. The van der Waals surface area contributed by atoms with Gasteiger partial charge in [-0.15, -0.1) is 0 Å². The van der Waals surface area contributed by atoms with Crippen molar-refractivity contribution < 1.29 is 9.13 Å². The highest BCUT2D eigenvalue weighted by Crippen LogP contribution is 2.28. The highest BCUT2D eigenvalue weighted by atomic mass is 19.1. The fourth-order valence-electron chi connectivity index (χ4n) is 2.29. The lowest BCUT2D eigenvalue weighted by atomic mass is 10.2. The van der Waals surface area contributed by atoms with E-state index in [1.165, 1.54) is 6.07 Å². The number of para-hydroxylation sites is 1. The van der Waals surface area contributed by atoms with Crippen LogP contribution in [0.5, 0.6) is 11.5 Å². The molecule has 0 fully saturated rings. The summed E-state index contributed by atoms with van der Waals surface area (Å²) in [6.45, 7) is 1.27. The van der Waals surface area contributed by atoms with E-state index in [2.05, 4.69) is 11.0 Å². The molecule has 0 aliphatic carbocycles. The zero-order valence-electron chi connectivity index (χ0n) is 12.1. The predicted molar refractivity (Wildman–Crippen MR) is 86.5 cm³/mol. The molecular weight excluding hydrogens is 279 g/mol. The van der Waals surface area contributed by atoms with E-state index in [9.17, 15) is 4.39 Å². The summed E-state index contributed by atoms with van der Waals surface area (Å²) in [6, 6.07) is 13.9. The lowest BCUT2D eigenvalue weighted by molar-refractivity contribution is 0.442. The maximum absolute atomic E-state index is 13.7. The van der Waals surface area contributed by atoms with E-state index in [1.54, 1.807) is 18.2 Å². The van der Waals surface area contributed by atoms with Crippen LogP contribution in [0.2, 0.25) is 0 Å². The summed E-state index contributed by atoms with van der Waals surface area (Å²) in [5.74, 6) is 0.440. The topological polar surface area (TPSA) is 38.5 Å². The first kappa shape index (κ1) is 14.4. The van der Waals surface area contributed by atoms with Crippen LogP contribution < -0.4 is 15.4 Å². The largest absolute Gasteiger partial charge is 0.454 e. The molecule has 2 aromatic carbocycles. The molecule has 4 heteroatoms. The molecular formula is C18H17FN2O. The van der Waals surface area contributed by atoms with E-state index in [-0.39, 0.29) is 11.6 Å². The lowest BCUT2D eigenvalue weighted by Gasteiger charge is -2.23. The number of benzene rings is 2. The Morgan fingerprint density at radius 1 is 1.14 bits per heavy atom. The van der Waals surface area contributed by atoms with Gasteiger partial charge in [-0.3, -0.25) is 0 Å². The number of hydrogen-bond donors (Lipinski definition) is 1. The van der Waals surface area contributed by atoms with Crippen LogP contribution in [-0.2, 0) is 0 Å². The van der Waals surface area contributed by atoms with Crippen LogP contribution in [0, 0.1) is 5.82 Å². The van der Waals surface area contributed by atoms with Crippen molar-refractivity contribution in [3.05, 3.63) is 78.3 Å². The summed E-state index contributed by atoms with van der Waals surface area (Å²) >= 11 is 0. The first-order valence-corrected chi connectivity index (χ1v) is 7.12. The number of nitrogens with zero attached hydrogens (tertiary/aromatic N) is 1. The maximum atomic E-state index is 13.7. The Kier molecular flexibility index (Phi) is 4.21. The minimum Gasteiger partial charge on any atom is -0.454 e. The fraction of sp³-hybridized carbons (Fsp3) is 0.111. The highest BCUT2D eigenvalue weighted by Gasteiger charge is 2.09. The Morgan fingerprint density at radius 3 is 2.82 bits per heavy atom. The van der Waals surface area contributed by atoms with Gasteiger partial charge in [0.2, 0.25) is 0 Å². The van der Waals surface area contributed by atoms with Gasteiger partial charge in [0.1, 0.15) is 5.75 Å². The second-order valence-corrected chi connectivity index (χ2v) is 4.99. The van der Waals surface area contributed by atoms with Gasteiger partial charge in [0.25, 0.3) is 0 Å². The monoisotopic (exact) mass is 296 g/mol. The van der Waals surface area contributed by atoms with E-state index in [1.807, 2.05) is 36.5 Å². The summed E-state index contributed by atoms with van der Waals surface area (Å²) in [6.07, 6.45) is 6.10. The normalized spacial score (nSPS) is 13.9. The quantitative estimate of drug-likeness (QED) is 0.931. The molecule has 0 radical (unpaired) electrons. The highest BCUT2D eigenvalue weighted by molar-refractivity contribution is 5.56. The molecule has 3 rings (SSSR count). The molecule has 1 aliphatic rings. The number of rotatable bonds is 4. The molecule has 0 saturated carbocycles. The van der Waals surface area contributed by atoms with Crippen molar-refractivity contribution in [2.75, 3.05) is 18.0 Å². The van der Waals surface area contributed by atoms with Crippen molar-refractivity contribution in [3.63, 3.8) is 0 Å². The van der Waals surface area contributed by atoms with E-state index in [0.29, 0.717) is 12.3 Å². The fourth-order valence-corrected chi connectivity index (χ4v) is 2.29. The number of ether oxygens (including phenoxy) is 1. The number of nitrogens with two attached hydrogens (primary N) is 1. The Bertz CT molecular complexity index is 725. The molecule has 0 unspecified atom stereocenters. The average molecular weight is 296 g/mol. The van der Waals surface area contributed by atoms with Gasteiger partial charge in [0.15, 0.2) is 11.6 Å². The van der Waals surface area contributed by atoms with Gasteiger partial charge in [-0.2, -0.15) is 0 Å². The van der Waals surface area contributed by atoms with Crippen LogP contribution in [0.4, 0.5) is 10.1 Å². The van der Waals surface area contributed by atoms with Crippen molar-refractivity contribution >= 4 is 5.69 Å². The molecule has 2 aromatic rings. The third kappa shape index (κ3) is 3.18. The maximum Gasteiger partial charge on any atom is 0.165 e. The SMILES string of the molecule is NCC1=CN(c2cccc(Oc3ccccc3F)c2)CC=C1. The van der Waals surface area contributed by atoms with E-state index in [4.69, 9.17) is 10.5 Å². The minimum atomic E-state index is -0.376. The number of hydrogen-bond acceptors (Lipinski definition) is 3. The van der Waals surface area contributed by atoms with Crippen molar-refractivity contribution in [2.45, 2.75) is 0 Å². The molecule has 112 valence electrons. The Balaban J connectivity index is 1.83. The van der Waals surface area contributed by atoms with Gasteiger partial charge < -0.3 is 15.4 Å². The van der Waals surface area contributed by atoms with Crippen molar-refractivity contribution in [3.8, 4) is 11.5 Å². The zero-order chi connectivity index (χ0) is 15.4. The molecule has 0 bridgehead atoms. The Hall–Kier alpha value is -2.59. The van der Waals surface area contributed by atoms with Crippen molar-refractivity contribution in [2.24, 2.45) is 5.73 Å². The van der Waals surface area contributed by atoms with Gasteiger partial charge in [-0.1, -0.05) is 30.4 Å². The minimum absolute atomic E-state index is 0.219. The van der Waals surface area contributed by atoms with E-state index in [0.717, 1.165) is 17.8 Å². The molecule has 0 aromatic heterocycles. The molecule has 3 nitrogen and oxygen atoms in total. The molecule has 1 heterocycles. The van der Waals surface area contributed by atoms with Crippen LogP contribution in [0.3, 0.4) is 0 Å². The van der Waals surface area contributed by atoms with E-state index >= 15 is 0 Å². The van der Waals surface area contributed by atoms with Gasteiger partial charge in [-0.25, -0.2) is 4.39 Å². The second-order valence-electron chi connectivity index (χ2n) is 4.99. The average Bonchev–Trinajstić information content (AvgIpc) is 2.57. The summed E-state index contributed by atoms with van der Waals surface area (Å²) in [7, 11) is 0.